The van der Waals surface area contributed by atoms with Crippen molar-refractivity contribution in [2.24, 2.45) is 0 Å². The second kappa shape index (κ2) is 11.0. The van der Waals surface area contributed by atoms with Crippen LogP contribution in [0.5, 0.6) is 11.5 Å². The minimum atomic E-state index is -0.411. The van der Waals surface area contributed by atoms with Gasteiger partial charge in [-0.25, -0.2) is 0 Å². The van der Waals surface area contributed by atoms with Gasteiger partial charge >= 0.3 is 0 Å². The fourth-order valence-corrected chi connectivity index (χ4v) is 2.76. The number of nitrogens with one attached hydrogen (secondary N) is 3. The van der Waals surface area contributed by atoms with Crippen molar-refractivity contribution >= 4 is 40.5 Å². The lowest BCUT2D eigenvalue weighted by Crippen LogP contribution is -2.34. The normalized spacial score (nSPS) is 10.0. The molecule has 154 valence electrons. The molecule has 0 spiro atoms. The lowest BCUT2D eigenvalue weighted by Gasteiger charge is -2.13. The van der Waals surface area contributed by atoms with Gasteiger partial charge in [-0.2, -0.15) is 0 Å². The van der Waals surface area contributed by atoms with Crippen molar-refractivity contribution in [3.05, 3.63) is 48.0 Å². The summed E-state index contributed by atoms with van der Waals surface area (Å²) in [6.45, 7) is 2.04. The largest absolute Gasteiger partial charge is 0.497 e. The van der Waals surface area contributed by atoms with Gasteiger partial charge in [-0.3, -0.25) is 14.9 Å². The molecule has 8 heteroatoms. The number of ether oxygens (including phenoxy) is 2. The minimum absolute atomic E-state index is 0.0357. The number of hydrogen-bond donors (Lipinski definition) is 3. The molecular formula is C21H25N3O4S. The summed E-state index contributed by atoms with van der Waals surface area (Å²) in [6.07, 6.45) is 2.28. The van der Waals surface area contributed by atoms with Crippen LogP contribution in [0.15, 0.2) is 42.5 Å². The van der Waals surface area contributed by atoms with Gasteiger partial charge in [0.1, 0.15) is 11.5 Å². The molecule has 0 unspecified atom stereocenters. The van der Waals surface area contributed by atoms with Crippen LogP contribution in [0.1, 0.15) is 36.5 Å². The highest BCUT2D eigenvalue weighted by molar-refractivity contribution is 7.80. The van der Waals surface area contributed by atoms with Crippen LogP contribution in [0, 0.1) is 0 Å². The smallest absolute Gasteiger partial charge is 0.261 e. The van der Waals surface area contributed by atoms with Crippen molar-refractivity contribution in [2.75, 3.05) is 24.9 Å². The molecule has 0 radical (unpaired) electrons. The number of unbranched alkanes of at least 4 members (excludes halogenated alkanes) is 1. The maximum Gasteiger partial charge on any atom is 0.261 e. The van der Waals surface area contributed by atoms with Gasteiger partial charge in [-0.15, -0.1) is 0 Å². The van der Waals surface area contributed by atoms with E-state index >= 15 is 0 Å². The molecule has 0 aliphatic heterocycles. The Labute approximate surface area is 175 Å². The van der Waals surface area contributed by atoms with Crippen molar-refractivity contribution in [2.45, 2.75) is 26.2 Å². The van der Waals surface area contributed by atoms with Crippen LogP contribution in [0.3, 0.4) is 0 Å². The fraction of sp³-hybridized carbons (Fsp3) is 0.286. The van der Waals surface area contributed by atoms with Crippen LogP contribution in [-0.4, -0.2) is 31.1 Å². The molecule has 0 saturated heterocycles. The summed E-state index contributed by atoms with van der Waals surface area (Å²) >= 11 is 5.23. The van der Waals surface area contributed by atoms with E-state index in [1.54, 1.807) is 42.5 Å². The van der Waals surface area contributed by atoms with Crippen molar-refractivity contribution in [1.82, 2.24) is 5.32 Å². The lowest BCUT2D eigenvalue weighted by atomic mass is 10.2. The Morgan fingerprint density at radius 1 is 1.00 bits per heavy atom. The zero-order valence-corrected chi connectivity index (χ0v) is 17.5. The number of hydrogen-bond acceptors (Lipinski definition) is 5. The Bertz CT molecular complexity index is 886. The van der Waals surface area contributed by atoms with Crippen LogP contribution >= 0.6 is 12.2 Å². The van der Waals surface area contributed by atoms with E-state index in [-0.39, 0.29) is 11.0 Å². The van der Waals surface area contributed by atoms with Crippen LogP contribution < -0.4 is 25.4 Å². The summed E-state index contributed by atoms with van der Waals surface area (Å²) in [4.78, 5) is 24.4. The summed E-state index contributed by atoms with van der Waals surface area (Å²) in [5.41, 5.74) is 1.63. The van der Waals surface area contributed by atoms with E-state index in [1.807, 2.05) is 6.92 Å². The second-order valence-corrected chi connectivity index (χ2v) is 6.62. The van der Waals surface area contributed by atoms with E-state index in [9.17, 15) is 9.59 Å². The third-order valence-corrected chi connectivity index (χ3v) is 4.25. The third-order valence-electron chi connectivity index (χ3n) is 4.04. The zero-order chi connectivity index (χ0) is 21.2. The first kappa shape index (κ1) is 22.2. The van der Waals surface area contributed by atoms with Crippen molar-refractivity contribution < 1.29 is 19.1 Å². The predicted octanol–water partition coefficient (Wildman–Crippen LogP) is 3.96. The SMILES string of the molecule is CCCCC(=O)Nc1cccc(NC(=S)NC(=O)c2ccc(OC)cc2OC)c1. The first-order valence-corrected chi connectivity index (χ1v) is 9.62. The van der Waals surface area contributed by atoms with Gasteiger partial charge in [0.2, 0.25) is 5.91 Å². The molecule has 0 aliphatic carbocycles. The molecule has 0 fully saturated rings. The molecule has 2 amide bonds. The quantitative estimate of drug-likeness (QED) is 0.566. The average Bonchev–Trinajstić information content (AvgIpc) is 2.71. The van der Waals surface area contributed by atoms with Gasteiger partial charge in [0, 0.05) is 23.9 Å². The van der Waals surface area contributed by atoms with Crippen LogP contribution in [0.25, 0.3) is 0 Å². The molecule has 2 rings (SSSR count). The highest BCUT2D eigenvalue weighted by Crippen LogP contribution is 2.24. The summed E-state index contributed by atoms with van der Waals surface area (Å²) in [6, 6.07) is 12.0. The fourth-order valence-electron chi connectivity index (χ4n) is 2.55. The number of anilines is 2. The topological polar surface area (TPSA) is 88.7 Å². The van der Waals surface area contributed by atoms with Gasteiger partial charge in [0.25, 0.3) is 5.91 Å². The van der Waals surface area contributed by atoms with E-state index in [1.165, 1.54) is 14.2 Å². The number of benzene rings is 2. The molecule has 0 aromatic heterocycles. The Balaban J connectivity index is 1.99. The highest BCUT2D eigenvalue weighted by atomic mass is 32.1. The van der Waals surface area contributed by atoms with Crippen LogP contribution in [-0.2, 0) is 4.79 Å². The molecule has 7 nitrogen and oxygen atoms in total. The molecule has 0 saturated carbocycles. The van der Waals surface area contributed by atoms with E-state index in [2.05, 4.69) is 16.0 Å². The van der Waals surface area contributed by atoms with Gasteiger partial charge in [0.05, 0.1) is 19.8 Å². The lowest BCUT2D eigenvalue weighted by molar-refractivity contribution is -0.116. The Morgan fingerprint density at radius 3 is 2.38 bits per heavy atom. The summed E-state index contributed by atoms with van der Waals surface area (Å²) < 4.78 is 10.4. The Morgan fingerprint density at radius 2 is 1.72 bits per heavy atom. The van der Waals surface area contributed by atoms with Crippen molar-refractivity contribution in [3.63, 3.8) is 0 Å². The van der Waals surface area contributed by atoms with Crippen molar-refractivity contribution in [1.29, 1.82) is 0 Å². The highest BCUT2D eigenvalue weighted by Gasteiger charge is 2.15. The molecule has 0 bridgehead atoms. The molecule has 2 aromatic rings. The average molecular weight is 416 g/mol. The van der Waals surface area contributed by atoms with Crippen LogP contribution in [0.4, 0.5) is 11.4 Å². The minimum Gasteiger partial charge on any atom is -0.497 e. The monoisotopic (exact) mass is 415 g/mol. The van der Waals surface area contributed by atoms with E-state index in [0.717, 1.165) is 12.8 Å². The molecule has 29 heavy (non-hydrogen) atoms. The molecule has 0 atom stereocenters. The van der Waals surface area contributed by atoms with Crippen molar-refractivity contribution in [3.8, 4) is 11.5 Å². The first-order chi connectivity index (χ1) is 14.0. The molecule has 2 aromatic carbocycles. The second-order valence-electron chi connectivity index (χ2n) is 6.21. The predicted molar refractivity (Wildman–Crippen MR) is 118 cm³/mol. The molecular weight excluding hydrogens is 390 g/mol. The van der Waals surface area contributed by atoms with Gasteiger partial charge in [0.15, 0.2) is 5.11 Å². The number of thiocarbonyl (C=S) groups is 1. The maximum absolute atomic E-state index is 12.5. The number of carbonyl (C=O) groups is 2. The number of rotatable bonds is 8. The number of amides is 2. The molecule has 3 N–H and O–H groups in total. The van der Waals surface area contributed by atoms with Gasteiger partial charge in [-0.05, 0) is 49.0 Å². The molecule has 0 aliphatic rings. The standard InChI is InChI=1S/C21H25N3O4S/c1-4-5-9-19(25)22-14-7-6-8-15(12-14)23-21(29)24-20(26)17-11-10-16(27-2)13-18(17)28-3/h6-8,10-13H,4-5,9H2,1-3H3,(H,22,25)(H2,23,24,26,29). The molecule has 0 heterocycles. The third kappa shape index (κ3) is 6.76. The Hall–Kier alpha value is -3.13. The summed E-state index contributed by atoms with van der Waals surface area (Å²) in [5.74, 6) is 0.510. The van der Waals surface area contributed by atoms with Crippen LogP contribution in [0.2, 0.25) is 0 Å². The summed E-state index contributed by atoms with van der Waals surface area (Å²) in [5, 5.41) is 8.53. The van der Waals surface area contributed by atoms with E-state index in [4.69, 9.17) is 21.7 Å². The van der Waals surface area contributed by atoms with E-state index in [0.29, 0.717) is 34.9 Å². The number of carbonyl (C=O) groups excluding carboxylic acids is 2. The summed E-state index contributed by atoms with van der Waals surface area (Å²) in [7, 11) is 3.01. The van der Waals surface area contributed by atoms with E-state index < -0.39 is 5.91 Å². The van der Waals surface area contributed by atoms with Gasteiger partial charge in [-0.1, -0.05) is 19.4 Å². The zero-order valence-electron chi connectivity index (χ0n) is 16.7. The maximum atomic E-state index is 12.5. The first-order valence-electron chi connectivity index (χ1n) is 9.21. The van der Waals surface area contributed by atoms with Gasteiger partial charge < -0.3 is 20.1 Å². The number of methoxy groups -OCH3 is 2. The Kier molecular flexibility index (Phi) is 8.42.